The van der Waals surface area contributed by atoms with E-state index in [1.807, 2.05) is 22.9 Å². The molecule has 0 aliphatic carbocycles. The van der Waals surface area contributed by atoms with Gasteiger partial charge in [0.2, 0.25) is 0 Å². The fraction of sp³-hybridized carbons (Fsp3) is 0.143. The van der Waals surface area contributed by atoms with Crippen molar-refractivity contribution < 1.29 is 9.53 Å². The highest BCUT2D eigenvalue weighted by Crippen LogP contribution is 2.12. The normalized spacial score (nSPS) is 10.3. The summed E-state index contributed by atoms with van der Waals surface area (Å²) in [7, 11) is 0. The van der Waals surface area contributed by atoms with Crippen molar-refractivity contribution in [1.82, 2.24) is 14.9 Å². The van der Waals surface area contributed by atoms with Gasteiger partial charge in [-0.05, 0) is 35.4 Å². The average Bonchev–Trinajstić information content (AvgIpc) is 3.19. The summed E-state index contributed by atoms with van der Waals surface area (Å²) < 4.78 is 7.43. The van der Waals surface area contributed by atoms with Crippen molar-refractivity contribution >= 4 is 5.91 Å². The molecule has 0 aliphatic heterocycles. The first-order chi connectivity index (χ1) is 12.7. The second-order valence-electron chi connectivity index (χ2n) is 5.86. The fourth-order valence-corrected chi connectivity index (χ4v) is 2.50. The highest BCUT2D eigenvalue weighted by atomic mass is 16.5. The number of carbonyl (C=O) groups excluding carboxylic acids is 1. The van der Waals surface area contributed by atoms with Crippen LogP contribution in [0.5, 0.6) is 5.75 Å². The van der Waals surface area contributed by atoms with Crippen LogP contribution in [-0.4, -0.2) is 22.1 Å². The lowest BCUT2D eigenvalue weighted by atomic mass is 10.1. The van der Waals surface area contributed by atoms with Crippen LogP contribution in [0.4, 0.5) is 0 Å². The van der Waals surface area contributed by atoms with E-state index in [9.17, 15) is 4.79 Å². The van der Waals surface area contributed by atoms with Gasteiger partial charge < -0.3 is 14.6 Å². The van der Waals surface area contributed by atoms with Crippen LogP contribution in [0, 0.1) is 0 Å². The van der Waals surface area contributed by atoms with Gasteiger partial charge in [0, 0.05) is 31.0 Å². The lowest BCUT2D eigenvalue weighted by Gasteiger charge is -2.08. The minimum absolute atomic E-state index is 0.109. The molecule has 26 heavy (non-hydrogen) atoms. The van der Waals surface area contributed by atoms with Gasteiger partial charge in [-0.3, -0.25) is 4.79 Å². The van der Waals surface area contributed by atoms with Crippen molar-refractivity contribution in [3.8, 4) is 5.75 Å². The van der Waals surface area contributed by atoms with E-state index in [1.165, 1.54) is 5.56 Å². The lowest BCUT2D eigenvalue weighted by molar-refractivity contribution is 0.0951. The fourth-order valence-electron chi connectivity index (χ4n) is 2.50. The maximum atomic E-state index is 12.2. The topological polar surface area (TPSA) is 56.1 Å². The smallest absolute Gasteiger partial charge is 0.251 e. The number of aromatic nitrogens is 2. The number of rotatable bonds is 8. The molecule has 0 bridgehead atoms. The zero-order valence-corrected chi connectivity index (χ0v) is 14.5. The summed E-state index contributed by atoms with van der Waals surface area (Å²) in [6.07, 6.45) is 7.17. The van der Waals surface area contributed by atoms with E-state index >= 15 is 0 Å². The zero-order valence-electron chi connectivity index (χ0n) is 14.5. The van der Waals surface area contributed by atoms with Gasteiger partial charge >= 0.3 is 0 Å². The van der Waals surface area contributed by atoms with Crippen molar-refractivity contribution in [1.29, 1.82) is 0 Å². The van der Waals surface area contributed by atoms with Crippen LogP contribution in [0.2, 0.25) is 0 Å². The van der Waals surface area contributed by atoms with E-state index in [1.54, 1.807) is 42.9 Å². The van der Waals surface area contributed by atoms with Crippen LogP contribution in [-0.2, 0) is 13.1 Å². The Morgan fingerprint density at radius 1 is 1.12 bits per heavy atom. The highest BCUT2D eigenvalue weighted by molar-refractivity contribution is 5.94. The summed E-state index contributed by atoms with van der Waals surface area (Å²) in [5, 5.41) is 2.93. The highest BCUT2D eigenvalue weighted by Gasteiger charge is 2.05. The second-order valence-corrected chi connectivity index (χ2v) is 5.86. The number of hydrogen-bond acceptors (Lipinski definition) is 3. The third kappa shape index (κ3) is 4.83. The Balaban J connectivity index is 1.51. The molecule has 2 aromatic carbocycles. The standard InChI is InChI=1S/C21H21N3O2/c1-2-13-26-20-9-7-19(8-10-20)21(25)23-14-17-3-5-18(6-4-17)15-24-12-11-22-16-24/h2-12,16H,1,13-15H2,(H,23,25). The third-order valence-corrected chi connectivity index (χ3v) is 3.88. The summed E-state index contributed by atoms with van der Waals surface area (Å²) in [4.78, 5) is 16.3. The maximum absolute atomic E-state index is 12.2. The molecule has 1 aromatic heterocycles. The molecule has 1 amide bonds. The Morgan fingerprint density at radius 3 is 2.50 bits per heavy atom. The molecule has 5 heteroatoms. The number of amides is 1. The Morgan fingerprint density at radius 2 is 1.85 bits per heavy atom. The minimum atomic E-state index is -0.109. The molecule has 3 aromatic rings. The number of nitrogens with zero attached hydrogens (tertiary/aromatic N) is 2. The molecule has 0 saturated carbocycles. The van der Waals surface area contributed by atoms with Crippen molar-refractivity contribution in [3.05, 3.63) is 96.6 Å². The molecule has 0 spiro atoms. The van der Waals surface area contributed by atoms with Crippen LogP contribution < -0.4 is 10.1 Å². The Kier molecular flexibility index (Phi) is 5.83. The van der Waals surface area contributed by atoms with Crippen molar-refractivity contribution in [2.45, 2.75) is 13.1 Å². The third-order valence-electron chi connectivity index (χ3n) is 3.88. The second kappa shape index (κ2) is 8.67. The quantitative estimate of drug-likeness (QED) is 0.635. The Hall–Kier alpha value is -3.34. The van der Waals surface area contributed by atoms with Crippen LogP contribution in [0.1, 0.15) is 21.5 Å². The summed E-state index contributed by atoms with van der Waals surface area (Å²) >= 11 is 0. The van der Waals surface area contributed by atoms with Crippen LogP contribution >= 0.6 is 0 Å². The van der Waals surface area contributed by atoms with Crippen LogP contribution in [0.3, 0.4) is 0 Å². The van der Waals surface area contributed by atoms with Crippen molar-refractivity contribution in [2.75, 3.05) is 6.61 Å². The van der Waals surface area contributed by atoms with Gasteiger partial charge in [0.15, 0.2) is 0 Å². The largest absolute Gasteiger partial charge is 0.490 e. The van der Waals surface area contributed by atoms with Gasteiger partial charge in [0.05, 0.1) is 6.33 Å². The van der Waals surface area contributed by atoms with Gasteiger partial charge in [0.25, 0.3) is 5.91 Å². The minimum Gasteiger partial charge on any atom is -0.490 e. The Labute approximate surface area is 153 Å². The van der Waals surface area contributed by atoms with E-state index in [-0.39, 0.29) is 5.91 Å². The molecule has 0 atom stereocenters. The predicted molar refractivity (Wildman–Crippen MR) is 101 cm³/mol. The molecule has 0 fully saturated rings. The Bertz CT molecular complexity index is 838. The monoisotopic (exact) mass is 347 g/mol. The number of carbonyl (C=O) groups is 1. The molecular weight excluding hydrogens is 326 g/mol. The molecule has 1 heterocycles. The number of nitrogens with one attached hydrogen (secondary N) is 1. The van der Waals surface area contributed by atoms with Crippen LogP contribution in [0.15, 0.2) is 79.9 Å². The molecule has 0 saturated heterocycles. The zero-order chi connectivity index (χ0) is 18.2. The van der Waals surface area contributed by atoms with Gasteiger partial charge in [0.1, 0.15) is 12.4 Å². The first-order valence-corrected chi connectivity index (χ1v) is 8.40. The maximum Gasteiger partial charge on any atom is 0.251 e. The summed E-state index contributed by atoms with van der Waals surface area (Å²) in [5.41, 5.74) is 2.85. The van der Waals surface area contributed by atoms with Gasteiger partial charge in [-0.15, -0.1) is 0 Å². The number of imidazole rings is 1. The van der Waals surface area contributed by atoms with E-state index in [0.717, 1.165) is 17.9 Å². The first-order valence-electron chi connectivity index (χ1n) is 8.40. The first kappa shape index (κ1) is 17.5. The van der Waals surface area contributed by atoms with E-state index < -0.39 is 0 Å². The molecule has 3 rings (SSSR count). The predicted octanol–water partition coefficient (Wildman–Crippen LogP) is 3.43. The van der Waals surface area contributed by atoms with Gasteiger partial charge in [-0.25, -0.2) is 4.98 Å². The molecular formula is C21H21N3O2. The molecule has 5 nitrogen and oxygen atoms in total. The van der Waals surface area contributed by atoms with Crippen LogP contribution in [0.25, 0.3) is 0 Å². The van der Waals surface area contributed by atoms with Crippen molar-refractivity contribution in [3.63, 3.8) is 0 Å². The molecule has 0 aliphatic rings. The van der Waals surface area contributed by atoms with Gasteiger partial charge in [-0.1, -0.05) is 36.9 Å². The lowest BCUT2D eigenvalue weighted by Crippen LogP contribution is -2.22. The molecule has 0 unspecified atom stereocenters. The average molecular weight is 347 g/mol. The SMILES string of the molecule is C=CCOc1ccc(C(=O)NCc2ccc(Cn3ccnc3)cc2)cc1. The number of benzene rings is 2. The molecule has 0 radical (unpaired) electrons. The number of hydrogen-bond donors (Lipinski definition) is 1. The van der Waals surface area contributed by atoms with Crippen molar-refractivity contribution in [2.24, 2.45) is 0 Å². The van der Waals surface area contributed by atoms with Gasteiger partial charge in [-0.2, -0.15) is 0 Å². The molecule has 1 N–H and O–H groups in total. The summed E-state index contributed by atoms with van der Waals surface area (Å²) in [6, 6.07) is 15.2. The van der Waals surface area contributed by atoms with E-state index in [2.05, 4.69) is 29.0 Å². The number of ether oxygens (including phenoxy) is 1. The molecule has 132 valence electrons. The van der Waals surface area contributed by atoms with E-state index in [4.69, 9.17) is 4.74 Å². The summed E-state index contributed by atoms with van der Waals surface area (Å²) in [5.74, 6) is 0.609. The summed E-state index contributed by atoms with van der Waals surface area (Å²) in [6.45, 7) is 5.32. The van der Waals surface area contributed by atoms with E-state index in [0.29, 0.717) is 18.7 Å².